The fourth-order valence-electron chi connectivity index (χ4n) is 2.66. The van der Waals surface area contributed by atoms with Gasteiger partial charge in [0.25, 0.3) is 5.91 Å². The van der Waals surface area contributed by atoms with Crippen molar-refractivity contribution in [1.29, 1.82) is 0 Å². The second-order valence-electron chi connectivity index (χ2n) is 5.37. The molecule has 1 aliphatic carbocycles. The van der Waals surface area contributed by atoms with Gasteiger partial charge >= 0.3 is 0 Å². The Morgan fingerprint density at radius 2 is 2.00 bits per heavy atom. The van der Waals surface area contributed by atoms with Crippen LogP contribution in [0.3, 0.4) is 0 Å². The molecule has 1 amide bonds. The van der Waals surface area contributed by atoms with E-state index in [0.29, 0.717) is 11.3 Å². The maximum Gasteiger partial charge on any atom is 0.257 e. The Balaban J connectivity index is 2.10. The lowest BCUT2D eigenvalue weighted by Crippen LogP contribution is -2.41. The van der Waals surface area contributed by atoms with Gasteiger partial charge in [0, 0.05) is 25.2 Å². The van der Waals surface area contributed by atoms with Crippen molar-refractivity contribution in [2.75, 3.05) is 14.2 Å². The summed E-state index contributed by atoms with van der Waals surface area (Å²) in [4.78, 5) is 14.2. The molecule has 0 bridgehead atoms. The number of nitrogens with zero attached hydrogens (tertiary/aromatic N) is 1. The van der Waals surface area contributed by atoms with Crippen molar-refractivity contribution in [3.05, 3.63) is 23.8 Å². The third-order valence-electron chi connectivity index (χ3n) is 4.04. The number of ether oxygens (including phenoxy) is 1. The molecule has 0 saturated heterocycles. The van der Waals surface area contributed by atoms with Crippen LogP contribution in [0.25, 0.3) is 0 Å². The predicted molar refractivity (Wildman–Crippen MR) is 77.0 cm³/mol. The van der Waals surface area contributed by atoms with E-state index in [2.05, 4.69) is 0 Å². The highest BCUT2D eigenvalue weighted by molar-refractivity contribution is 5.97. The smallest absolute Gasteiger partial charge is 0.257 e. The maximum absolute atomic E-state index is 12.4. The molecule has 0 spiro atoms. The number of carbonyl (C=O) groups excluding carboxylic acids is 1. The molecule has 0 atom stereocenters. The minimum absolute atomic E-state index is 0.0475. The van der Waals surface area contributed by atoms with Crippen molar-refractivity contribution < 1.29 is 14.6 Å². The molecule has 1 aromatic rings. The highest BCUT2D eigenvalue weighted by Gasteiger charge is 2.26. The molecule has 1 aliphatic rings. The highest BCUT2D eigenvalue weighted by Crippen LogP contribution is 2.27. The number of phenols is 1. The summed E-state index contributed by atoms with van der Waals surface area (Å²) in [6, 6.07) is 5.18. The van der Waals surface area contributed by atoms with Gasteiger partial charge < -0.3 is 20.5 Å². The maximum atomic E-state index is 12.4. The Kier molecular flexibility index (Phi) is 4.49. The second kappa shape index (κ2) is 6.13. The second-order valence-corrected chi connectivity index (χ2v) is 5.37. The molecule has 1 aromatic carbocycles. The first-order valence-electron chi connectivity index (χ1n) is 6.92. The summed E-state index contributed by atoms with van der Waals surface area (Å²) in [6.45, 7) is 0. The lowest BCUT2D eigenvalue weighted by molar-refractivity contribution is 0.0687. The molecular weight excluding hydrogens is 256 g/mol. The summed E-state index contributed by atoms with van der Waals surface area (Å²) in [5, 5.41) is 9.93. The van der Waals surface area contributed by atoms with E-state index in [9.17, 15) is 9.90 Å². The predicted octanol–water partition coefficient (Wildman–Crippen LogP) is 1.74. The van der Waals surface area contributed by atoms with E-state index < -0.39 is 0 Å². The van der Waals surface area contributed by atoms with E-state index in [1.165, 1.54) is 13.2 Å². The van der Waals surface area contributed by atoms with E-state index in [1.54, 1.807) is 24.1 Å². The van der Waals surface area contributed by atoms with Crippen LogP contribution in [0.1, 0.15) is 36.0 Å². The Labute approximate surface area is 119 Å². The van der Waals surface area contributed by atoms with Crippen LogP contribution < -0.4 is 10.5 Å². The van der Waals surface area contributed by atoms with Crippen LogP contribution >= 0.6 is 0 Å². The highest BCUT2D eigenvalue weighted by atomic mass is 16.5. The van der Waals surface area contributed by atoms with Crippen LogP contribution in [0, 0.1) is 0 Å². The molecule has 1 fully saturated rings. The first-order chi connectivity index (χ1) is 9.52. The fourth-order valence-corrected chi connectivity index (χ4v) is 2.66. The lowest BCUT2D eigenvalue weighted by atomic mass is 9.90. The third-order valence-corrected chi connectivity index (χ3v) is 4.04. The van der Waals surface area contributed by atoms with Crippen LogP contribution in [0.5, 0.6) is 11.5 Å². The number of nitrogens with two attached hydrogens (primary N) is 1. The van der Waals surface area contributed by atoms with Gasteiger partial charge in [-0.05, 0) is 37.8 Å². The van der Waals surface area contributed by atoms with Crippen LogP contribution in [-0.2, 0) is 0 Å². The average molecular weight is 278 g/mol. The third kappa shape index (κ3) is 3.04. The molecule has 0 aliphatic heterocycles. The number of hydrogen-bond donors (Lipinski definition) is 2. The summed E-state index contributed by atoms with van der Waals surface area (Å²) < 4.78 is 5.02. The van der Waals surface area contributed by atoms with Gasteiger partial charge in [-0.15, -0.1) is 0 Å². The van der Waals surface area contributed by atoms with Crippen LogP contribution in [0.2, 0.25) is 0 Å². The molecule has 5 nitrogen and oxygen atoms in total. The Hall–Kier alpha value is -1.75. The van der Waals surface area contributed by atoms with Crippen LogP contribution in [-0.4, -0.2) is 42.2 Å². The zero-order valence-corrected chi connectivity index (χ0v) is 12.0. The summed E-state index contributed by atoms with van der Waals surface area (Å²) in [5.74, 6) is 0.324. The van der Waals surface area contributed by atoms with Gasteiger partial charge in [-0.25, -0.2) is 0 Å². The molecule has 110 valence electrons. The quantitative estimate of drug-likeness (QED) is 0.883. The minimum Gasteiger partial charge on any atom is -0.507 e. The van der Waals surface area contributed by atoms with Gasteiger partial charge in [0.1, 0.15) is 11.5 Å². The van der Waals surface area contributed by atoms with Gasteiger partial charge in [-0.2, -0.15) is 0 Å². The van der Waals surface area contributed by atoms with Crippen LogP contribution in [0.15, 0.2) is 18.2 Å². The molecule has 1 saturated carbocycles. The Morgan fingerprint density at radius 3 is 2.55 bits per heavy atom. The topological polar surface area (TPSA) is 75.8 Å². The van der Waals surface area contributed by atoms with Gasteiger partial charge in [0.2, 0.25) is 0 Å². The van der Waals surface area contributed by atoms with Crippen LogP contribution in [0.4, 0.5) is 0 Å². The van der Waals surface area contributed by atoms with Crippen molar-refractivity contribution in [2.24, 2.45) is 5.73 Å². The minimum atomic E-state index is -0.161. The number of benzene rings is 1. The number of rotatable bonds is 3. The fraction of sp³-hybridized carbons (Fsp3) is 0.533. The lowest BCUT2D eigenvalue weighted by Gasteiger charge is -2.33. The zero-order chi connectivity index (χ0) is 14.7. The molecule has 3 N–H and O–H groups in total. The average Bonchev–Trinajstić information content (AvgIpc) is 2.46. The Bertz CT molecular complexity index is 482. The van der Waals surface area contributed by atoms with E-state index in [-0.39, 0.29) is 23.7 Å². The van der Waals surface area contributed by atoms with Crippen molar-refractivity contribution in [3.63, 3.8) is 0 Å². The SMILES string of the molecule is COc1ccc(C(=O)N(C)C2CCC(N)CC2)c(O)c1. The first-order valence-corrected chi connectivity index (χ1v) is 6.92. The van der Waals surface area contributed by atoms with Gasteiger partial charge in [0.05, 0.1) is 12.7 Å². The number of methoxy groups -OCH3 is 1. The number of amides is 1. The Morgan fingerprint density at radius 1 is 1.35 bits per heavy atom. The van der Waals surface area contributed by atoms with Crippen molar-refractivity contribution in [2.45, 2.75) is 37.8 Å². The van der Waals surface area contributed by atoms with E-state index in [1.807, 2.05) is 0 Å². The molecule has 2 rings (SSSR count). The molecule has 5 heteroatoms. The molecule has 0 heterocycles. The van der Waals surface area contributed by atoms with Gasteiger partial charge in [-0.1, -0.05) is 0 Å². The van der Waals surface area contributed by atoms with Gasteiger partial charge in [-0.3, -0.25) is 4.79 Å². The van der Waals surface area contributed by atoms with E-state index in [0.717, 1.165) is 25.7 Å². The summed E-state index contributed by atoms with van der Waals surface area (Å²) >= 11 is 0. The zero-order valence-electron chi connectivity index (χ0n) is 12.0. The van der Waals surface area contributed by atoms with Crippen molar-refractivity contribution in [1.82, 2.24) is 4.90 Å². The molecule has 0 radical (unpaired) electrons. The van der Waals surface area contributed by atoms with Crippen molar-refractivity contribution >= 4 is 5.91 Å². The monoisotopic (exact) mass is 278 g/mol. The normalized spacial score (nSPS) is 22.4. The summed E-state index contributed by atoms with van der Waals surface area (Å²) in [7, 11) is 3.31. The van der Waals surface area contributed by atoms with Crippen molar-refractivity contribution in [3.8, 4) is 11.5 Å². The molecule has 0 aromatic heterocycles. The first kappa shape index (κ1) is 14.7. The summed E-state index contributed by atoms with van der Waals surface area (Å²) in [5.41, 5.74) is 6.19. The number of aromatic hydroxyl groups is 1. The van der Waals surface area contributed by atoms with E-state index >= 15 is 0 Å². The number of hydrogen-bond acceptors (Lipinski definition) is 4. The largest absolute Gasteiger partial charge is 0.507 e. The summed E-state index contributed by atoms with van der Waals surface area (Å²) in [6.07, 6.45) is 3.72. The molecule has 20 heavy (non-hydrogen) atoms. The standard InChI is InChI=1S/C15H22N2O3/c1-17(11-5-3-10(16)4-6-11)15(19)13-8-7-12(20-2)9-14(13)18/h7-11,18H,3-6,16H2,1-2H3. The molecular formula is C15H22N2O3. The van der Waals surface area contributed by atoms with Gasteiger partial charge in [0.15, 0.2) is 0 Å². The van der Waals surface area contributed by atoms with E-state index in [4.69, 9.17) is 10.5 Å². The number of phenolic OH excluding ortho intramolecular Hbond substituents is 1. The number of carbonyl (C=O) groups is 1. The molecule has 0 unspecified atom stereocenters.